The van der Waals surface area contributed by atoms with Gasteiger partial charge in [-0.25, -0.2) is 0 Å². The molecule has 2 aromatic rings. The fraction of sp³-hybridized carbons (Fsp3) is 0.143. The molecule has 3 heteroatoms. The van der Waals surface area contributed by atoms with Crippen LogP contribution in [0.2, 0.25) is 0 Å². The van der Waals surface area contributed by atoms with Crippen LogP contribution in [0.4, 0.5) is 0 Å². The average Bonchev–Trinajstić information content (AvgIpc) is 2.32. The minimum atomic E-state index is 0.0364. The molecule has 2 nitrogen and oxygen atoms in total. The Labute approximate surface area is 114 Å². The molecule has 2 rings (SSSR count). The van der Waals surface area contributed by atoms with Crippen molar-refractivity contribution in [1.29, 1.82) is 0 Å². The largest absolute Gasteiger partial charge is 0.289 e. The van der Waals surface area contributed by atoms with E-state index in [2.05, 4.69) is 27.6 Å². The SMILES string of the molecule is Cc1cncc(C(=O)c2cccc(C)c2I)c1. The van der Waals surface area contributed by atoms with Crippen LogP contribution >= 0.6 is 22.6 Å². The number of ketones is 1. The van der Waals surface area contributed by atoms with Crippen LogP contribution in [0.25, 0.3) is 0 Å². The molecule has 1 aromatic heterocycles. The molecule has 17 heavy (non-hydrogen) atoms. The van der Waals surface area contributed by atoms with Gasteiger partial charge in [0.25, 0.3) is 0 Å². The summed E-state index contributed by atoms with van der Waals surface area (Å²) in [6.45, 7) is 3.94. The zero-order valence-electron chi connectivity index (χ0n) is 9.70. The molecule has 0 saturated carbocycles. The van der Waals surface area contributed by atoms with E-state index in [1.807, 2.05) is 38.1 Å². The van der Waals surface area contributed by atoms with Crippen molar-refractivity contribution < 1.29 is 4.79 Å². The van der Waals surface area contributed by atoms with Gasteiger partial charge in [0.1, 0.15) is 0 Å². The number of halogens is 1. The smallest absolute Gasteiger partial charge is 0.195 e. The molecule has 0 bridgehead atoms. The van der Waals surface area contributed by atoms with Crippen molar-refractivity contribution in [3.8, 4) is 0 Å². The molecule has 0 spiro atoms. The first-order chi connectivity index (χ1) is 8.09. The summed E-state index contributed by atoms with van der Waals surface area (Å²) >= 11 is 2.21. The van der Waals surface area contributed by atoms with Crippen LogP contribution in [-0.4, -0.2) is 10.8 Å². The Morgan fingerprint density at radius 3 is 2.71 bits per heavy atom. The molecule has 1 aromatic carbocycles. The van der Waals surface area contributed by atoms with Crippen LogP contribution < -0.4 is 0 Å². The van der Waals surface area contributed by atoms with Gasteiger partial charge in [0.2, 0.25) is 0 Å². The summed E-state index contributed by atoms with van der Waals surface area (Å²) in [5.74, 6) is 0.0364. The third kappa shape index (κ3) is 2.54. The highest BCUT2D eigenvalue weighted by Gasteiger charge is 2.13. The van der Waals surface area contributed by atoms with E-state index in [1.165, 1.54) is 0 Å². The molecule has 0 fully saturated rings. The van der Waals surface area contributed by atoms with Gasteiger partial charge in [-0.1, -0.05) is 12.1 Å². The maximum Gasteiger partial charge on any atom is 0.195 e. The number of hydrogen-bond donors (Lipinski definition) is 0. The van der Waals surface area contributed by atoms with Crippen molar-refractivity contribution >= 4 is 28.4 Å². The molecule has 86 valence electrons. The predicted molar refractivity (Wildman–Crippen MR) is 76.3 cm³/mol. The molecule has 0 aliphatic rings. The van der Waals surface area contributed by atoms with Crippen LogP contribution in [0.1, 0.15) is 27.0 Å². The first kappa shape index (κ1) is 12.2. The van der Waals surface area contributed by atoms with Gasteiger partial charge in [-0.2, -0.15) is 0 Å². The van der Waals surface area contributed by atoms with Crippen LogP contribution in [-0.2, 0) is 0 Å². The second-order valence-electron chi connectivity index (χ2n) is 4.02. The molecule has 0 aliphatic heterocycles. The molecule has 0 unspecified atom stereocenters. The number of pyridine rings is 1. The van der Waals surface area contributed by atoms with Gasteiger partial charge in [0, 0.05) is 27.1 Å². The van der Waals surface area contributed by atoms with Crippen molar-refractivity contribution in [2.24, 2.45) is 0 Å². The predicted octanol–water partition coefficient (Wildman–Crippen LogP) is 3.53. The lowest BCUT2D eigenvalue weighted by atomic mass is 10.0. The maximum atomic E-state index is 12.3. The van der Waals surface area contributed by atoms with Gasteiger partial charge < -0.3 is 0 Å². The van der Waals surface area contributed by atoms with Crippen LogP contribution in [0.5, 0.6) is 0 Å². The number of carbonyl (C=O) groups is 1. The number of carbonyl (C=O) groups excluding carboxylic acids is 1. The summed E-state index contributed by atoms with van der Waals surface area (Å²) in [6, 6.07) is 7.65. The van der Waals surface area contributed by atoms with Gasteiger partial charge in [-0.05, 0) is 59.7 Å². The number of nitrogens with zero attached hydrogens (tertiary/aromatic N) is 1. The highest BCUT2D eigenvalue weighted by molar-refractivity contribution is 14.1. The average molecular weight is 337 g/mol. The summed E-state index contributed by atoms with van der Waals surface area (Å²) in [7, 11) is 0. The second-order valence-corrected chi connectivity index (χ2v) is 5.10. The first-order valence-corrected chi connectivity index (χ1v) is 6.39. The fourth-order valence-electron chi connectivity index (χ4n) is 1.66. The minimum absolute atomic E-state index is 0.0364. The topological polar surface area (TPSA) is 30.0 Å². The molecule has 1 heterocycles. The number of benzene rings is 1. The molecule has 0 atom stereocenters. The summed E-state index contributed by atoms with van der Waals surface area (Å²) in [5, 5.41) is 0. The van der Waals surface area contributed by atoms with Crippen molar-refractivity contribution in [3.05, 3.63) is 62.5 Å². The van der Waals surface area contributed by atoms with E-state index in [0.717, 1.165) is 20.3 Å². The lowest BCUT2D eigenvalue weighted by Crippen LogP contribution is -2.05. The normalized spacial score (nSPS) is 10.3. The van der Waals surface area contributed by atoms with Gasteiger partial charge in [0.05, 0.1) is 0 Å². The fourth-order valence-corrected chi connectivity index (χ4v) is 2.26. The van der Waals surface area contributed by atoms with Crippen molar-refractivity contribution in [2.75, 3.05) is 0 Å². The summed E-state index contributed by atoms with van der Waals surface area (Å²) < 4.78 is 1.01. The summed E-state index contributed by atoms with van der Waals surface area (Å²) in [4.78, 5) is 16.4. The molecule has 0 N–H and O–H groups in total. The van der Waals surface area contributed by atoms with E-state index in [-0.39, 0.29) is 5.78 Å². The quantitative estimate of drug-likeness (QED) is 0.620. The Balaban J connectivity index is 2.48. The number of aryl methyl sites for hydroxylation is 2. The third-order valence-electron chi connectivity index (χ3n) is 2.57. The van der Waals surface area contributed by atoms with Gasteiger partial charge in [-0.15, -0.1) is 0 Å². The Bertz CT molecular complexity index is 578. The van der Waals surface area contributed by atoms with Crippen molar-refractivity contribution in [2.45, 2.75) is 13.8 Å². The molecular weight excluding hydrogens is 325 g/mol. The Kier molecular flexibility index (Phi) is 3.57. The zero-order valence-corrected chi connectivity index (χ0v) is 11.9. The zero-order chi connectivity index (χ0) is 12.4. The second kappa shape index (κ2) is 4.96. The molecule has 0 aliphatic carbocycles. The van der Waals surface area contributed by atoms with E-state index in [9.17, 15) is 4.79 Å². The Morgan fingerprint density at radius 1 is 1.24 bits per heavy atom. The van der Waals surface area contributed by atoms with E-state index < -0.39 is 0 Å². The van der Waals surface area contributed by atoms with Gasteiger partial charge >= 0.3 is 0 Å². The third-order valence-corrected chi connectivity index (χ3v) is 4.01. The first-order valence-electron chi connectivity index (χ1n) is 5.31. The lowest BCUT2D eigenvalue weighted by molar-refractivity contribution is 0.103. The summed E-state index contributed by atoms with van der Waals surface area (Å²) in [6.07, 6.45) is 3.37. The van der Waals surface area contributed by atoms with Crippen LogP contribution in [0.15, 0.2) is 36.7 Å². The van der Waals surface area contributed by atoms with Crippen molar-refractivity contribution in [1.82, 2.24) is 4.98 Å². The Hall–Kier alpha value is -1.23. The molecule has 0 amide bonds. The molecular formula is C14H12INO. The van der Waals surface area contributed by atoms with Crippen molar-refractivity contribution in [3.63, 3.8) is 0 Å². The van der Waals surface area contributed by atoms with Crippen LogP contribution in [0, 0.1) is 17.4 Å². The van der Waals surface area contributed by atoms with E-state index in [4.69, 9.17) is 0 Å². The minimum Gasteiger partial charge on any atom is -0.289 e. The molecule has 0 saturated heterocycles. The highest BCUT2D eigenvalue weighted by Crippen LogP contribution is 2.20. The van der Waals surface area contributed by atoms with E-state index in [1.54, 1.807) is 12.4 Å². The summed E-state index contributed by atoms with van der Waals surface area (Å²) in [5.41, 5.74) is 3.52. The van der Waals surface area contributed by atoms with Crippen LogP contribution in [0.3, 0.4) is 0 Å². The number of rotatable bonds is 2. The highest BCUT2D eigenvalue weighted by atomic mass is 127. The standard InChI is InChI=1S/C14H12INO/c1-9-6-11(8-16-7-9)14(17)12-5-3-4-10(2)13(12)15/h3-8H,1-2H3. The van der Waals surface area contributed by atoms with Gasteiger partial charge in [-0.3, -0.25) is 9.78 Å². The molecule has 0 radical (unpaired) electrons. The number of hydrogen-bond acceptors (Lipinski definition) is 2. The van der Waals surface area contributed by atoms with E-state index >= 15 is 0 Å². The van der Waals surface area contributed by atoms with E-state index in [0.29, 0.717) is 5.56 Å². The lowest BCUT2D eigenvalue weighted by Gasteiger charge is -2.06. The van der Waals surface area contributed by atoms with Gasteiger partial charge in [0.15, 0.2) is 5.78 Å². The Morgan fingerprint density at radius 2 is 2.00 bits per heavy atom. The number of aromatic nitrogens is 1. The maximum absolute atomic E-state index is 12.3. The monoisotopic (exact) mass is 337 g/mol.